The first-order valence-corrected chi connectivity index (χ1v) is 23.9. The lowest BCUT2D eigenvalue weighted by molar-refractivity contribution is 0.694. The molecule has 4 heteroatoms. The van der Waals surface area contributed by atoms with Gasteiger partial charge in [0, 0.05) is 32.7 Å². The minimum absolute atomic E-state index is 0.112. The van der Waals surface area contributed by atoms with Gasteiger partial charge in [0.15, 0.2) is 0 Å². The average Bonchev–Trinajstić information content (AvgIpc) is 4.11. The number of thiophene rings is 1. The summed E-state index contributed by atoms with van der Waals surface area (Å²) in [7, 11) is 0. The van der Waals surface area contributed by atoms with Crippen LogP contribution in [0.15, 0.2) is 255 Å². The number of aromatic nitrogens is 2. The third kappa shape index (κ3) is 8.25. The molecule has 0 fully saturated rings. The van der Waals surface area contributed by atoms with Crippen molar-refractivity contribution < 1.29 is 0 Å². The molecule has 66 heavy (non-hydrogen) atoms. The van der Waals surface area contributed by atoms with Crippen LogP contribution in [0.2, 0.25) is 0 Å². The Balaban J connectivity index is 0.915. The summed E-state index contributed by atoms with van der Waals surface area (Å²) >= 11 is 3.08. The van der Waals surface area contributed by atoms with Crippen LogP contribution in [0.4, 0.5) is 0 Å². The molecule has 0 radical (unpaired) electrons. The molecule has 0 aliphatic rings. The summed E-state index contributed by atoms with van der Waals surface area (Å²) in [5, 5.41) is 0. The normalized spacial score (nSPS) is 11.7. The summed E-state index contributed by atoms with van der Waals surface area (Å²) in [6.45, 7) is 0. The van der Waals surface area contributed by atoms with E-state index in [1.807, 2.05) is 0 Å². The predicted octanol–water partition coefficient (Wildman–Crippen LogP) is 16.7. The van der Waals surface area contributed by atoms with Gasteiger partial charge in [-0.2, -0.15) is 8.75 Å². The molecule has 2 aromatic heterocycles. The van der Waals surface area contributed by atoms with Gasteiger partial charge in [0.1, 0.15) is 11.0 Å². The maximum atomic E-state index is 4.90. The second-order valence-electron chi connectivity index (χ2n) is 16.5. The predicted molar refractivity (Wildman–Crippen MR) is 279 cm³/mol. The van der Waals surface area contributed by atoms with Gasteiger partial charge in [-0.3, -0.25) is 0 Å². The minimum Gasteiger partial charge on any atom is -0.172 e. The lowest BCUT2D eigenvalue weighted by atomic mass is 9.73. The van der Waals surface area contributed by atoms with Crippen LogP contribution in [0.3, 0.4) is 0 Å². The van der Waals surface area contributed by atoms with Crippen LogP contribution in [0.1, 0.15) is 56.3 Å². The molecule has 11 aromatic rings. The fourth-order valence-electron chi connectivity index (χ4n) is 9.47. The molecule has 9 aromatic carbocycles. The highest BCUT2D eigenvalue weighted by molar-refractivity contribution is 7.19. The number of rotatable bonds is 12. The highest BCUT2D eigenvalue weighted by atomic mass is 32.1. The van der Waals surface area contributed by atoms with E-state index in [1.54, 1.807) is 11.3 Å². The van der Waals surface area contributed by atoms with Gasteiger partial charge in [-0.25, -0.2) is 0 Å². The van der Waals surface area contributed by atoms with E-state index in [1.165, 1.54) is 82.7 Å². The summed E-state index contributed by atoms with van der Waals surface area (Å²) in [5.74, 6) is 0.250. The number of nitrogens with zero attached hydrogens (tertiary/aromatic N) is 2. The van der Waals surface area contributed by atoms with Crippen molar-refractivity contribution in [3.8, 4) is 32.0 Å². The van der Waals surface area contributed by atoms with E-state index in [0.29, 0.717) is 0 Å². The molecular weight excluding hydrogens is 837 g/mol. The molecule has 0 aliphatic carbocycles. The average molecular weight is 881 g/mol. The van der Waals surface area contributed by atoms with E-state index in [0.717, 1.165) is 27.7 Å². The Bertz CT molecular complexity index is 3280. The van der Waals surface area contributed by atoms with Gasteiger partial charge >= 0.3 is 0 Å². The minimum atomic E-state index is 0.112. The van der Waals surface area contributed by atoms with Crippen molar-refractivity contribution in [3.63, 3.8) is 0 Å². The zero-order chi connectivity index (χ0) is 44.1. The summed E-state index contributed by atoms with van der Waals surface area (Å²) in [4.78, 5) is 2.38. The van der Waals surface area contributed by atoms with Crippen molar-refractivity contribution in [2.75, 3.05) is 0 Å². The third-order valence-electron chi connectivity index (χ3n) is 12.6. The van der Waals surface area contributed by atoms with E-state index >= 15 is 0 Å². The summed E-state index contributed by atoms with van der Waals surface area (Å²) in [5.41, 5.74) is 18.7. The quantitative estimate of drug-likeness (QED) is 0.114. The van der Waals surface area contributed by atoms with Crippen molar-refractivity contribution in [1.29, 1.82) is 0 Å². The van der Waals surface area contributed by atoms with E-state index in [4.69, 9.17) is 8.75 Å². The second-order valence-corrected chi connectivity index (χ2v) is 18.1. The molecule has 11 rings (SSSR count). The van der Waals surface area contributed by atoms with Gasteiger partial charge in [0.05, 0.1) is 11.7 Å². The molecular formula is C62H44N2S2. The maximum Gasteiger partial charge on any atom is 0.114 e. The molecule has 0 N–H and O–H groups in total. The van der Waals surface area contributed by atoms with Gasteiger partial charge < -0.3 is 0 Å². The summed E-state index contributed by atoms with van der Waals surface area (Å²) in [6, 6.07) is 92.1. The van der Waals surface area contributed by atoms with E-state index in [-0.39, 0.29) is 11.8 Å². The number of hydrogen-bond donors (Lipinski definition) is 0. The van der Waals surface area contributed by atoms with Crippen LogP contribution in [-0.4, -0.2) is 8.75 Å². The van der Waals surface area contributed by atoms with Crippen molar-refractivity contribution in [2.24, 2.45) is 0 Å². The smallest absolute Gasteiger partial charge is 0.114 e. The molecule has 0 amide bonds. The molecule has 2 heterocycles. The Morgan fingerprint density at radius 2 is 0.636 bits per heavy atom. The molecule has 0 saturated heterocycles. The molecule has 2 nitrogen and oxygen atoms in total. The molecule has 1 atom stereocenters. The van der Waals surface area contributed by atoms with Gasteiger partial charge in [0.2, 0.25) is 0 Å². The van der Waals surface area contributed by atoms with Crippen LogP contribution in [0.5, 0.6) is 0 Å². The first-order chi connectivity index (χ1) is 32.8. The first kappa shape index (κ1) is 41.0. The Hall–Kier alpha value is -7.76. The number of benzene rings is 9. The first-order valence-electron chi connectivity index (χ1n) is 22.4. The second kappa shape index (κ2) is 18.8. The SMILES string of the molecule is c1ccc(C(=C(c2ccccc2)c2ccc(-c3ccc(-c4ccc(-c5ccc(C(c6ccccc6)C(c6ccccc6)c6ccccc6)cc5)c5nsnc45)s3)cc2)c2ccccc2)cc1. The van der Waals surface area contributed by atoms with E-state index in [9.17, 15) is 0 Å². The van der Waals surface area contributed by atoms with Crippen LogP contribution in [0, 0.1) is 0 Å². The zero-order valence-corrected chi connectivity index (χ0v) is 37.7. The van der Waals surface area contributed by atoms with Crippen LogP contribution in [0.25, 0.3) is 54.2 Å². The Kier molecular flexibility index (Phi) is 11.6. The third-order valence-corrected chi connectivity index (χ3v) is 14.3. The fourth-order valence-corrected chi connectivity index (χ4v) is 11.1. The van der Waals surface area contributed by atoms with E-state index in [2.05, 4.69) is 255 Å². The van der Waals surface area contributed by atoms with Crippen molar-refractivity contribution in [3.05, 3.63) is 299 Å². The molecule has 0 bridgehead atoms. The van der Waals surface area contributed by atoms with Crippen molar-refractivity contribution in [2.45, 2.75) is 11.8 Å². The maximum absolute atomic E-state index is 4.90. The topological polar surface area (TPSA) is 25.8 Å². The lowest BCUT2D eigenvalue weighted by Crippen LogP contribution is -2.14. The Morgan fingerprint density at radius 1 is 0.288 bits per heavy atom. The summed E-state index contributed by atoms with van der Waals surface area (Å²) in [6.07, 6.45) is 0. The molecule has 1 unspecified atom stereocenters. The number of fused-ring (bicyclic) bond motifs is 1. The lowest BCUT2D eigenvalue weighted by Gasteiger charge is -2.29. The standard InChI is InChI=1S/C62H44N2S2/c1-7-19-45(20-8-1)57(46-21-9-2-10-22-46)59(49-27-15-5-16-28-49)51-35-31-43(32-36-51)53-39-40-54(62-61(53)63-66-64-62)56-42-41-55(65-56)44-33-37-52(38-34-44)60(50-29-17-6-18-30-50)58(47-23-11-3-12-24-47)48-25-13-4-14-26-48/h1-42,57,59H. The van der Waals surface area contributed by atoms with Crippen LogP contribution >= 0.6 is 23.1 Å². The van der Waals surface area contributed by atoms with Crippen LogP contribution in [-0.2, 0) is 0 Å². The monoisotopic (exact) mass is 880 g/mol. The Labute approximate surface area is 394 Å². The van der Waals surface area contributed by atoms with Gasteiger partial charge in [-0.1, -0.05) is 243 Å². The highest BCUT2D eigenvalue weighted by Crippen LogP contribution is 2.45. The molecule has 314 valence electrons. The van der Waals surface area contributed by atoms with Gasteiger partial charge in [0.25, 0.3) is 0 Å². The highest BCUT2D eigenvalue weighted by Gasteiger charge is 2.28. The molecule has 0 aliphatic heterocycles. The number of hydrogen-bond acceptors (Lipinski definition) is 4. The Morgan fingerprint density at radius 3 is 1.09 bits per heavy atom. The molecule has 0 saturated carbocycles. The van der Waals surface area contributed by atoms with Crippen molar-refractivity contribution in [1.82, 2.24) is 8.75 Å². The van der Waals surface area contributed by atoms with Crippen molar-refractivity contribution >= 4 is 45.2 Å². The fraction of sp³-hybridized carbons (Fsp3) is 0.0323. The van der Waals surface area contributed by atoms with Crippen LogP contribution < -0.4 is 0 Å². The van der Waals surface area contributed by atoms with Gasteiger partial charge in [-0.15, -0.1) is 11.3 Å². The van der Waals surface area contributed by atoms with E-state index < -0.39 is 0 Å². The summed E-state index contributed by atoms with van der Waals surface area (Å²) < 4.78 is 9.80. The zero-order valence-electron chi connectivity index (χ0n) is 36.1. The largest absolute Gasteiger partial charge is 0.172 e. The molecule has 0 spiro atoms. The van der Waals surface area contributed by atoms with Gasteiger partial charge in [-0.05, 0) is 78.9 Å².